The van der Waals surface area contributed by atoms with Crippen LogP contribution >= 0.6 is 0 Å². The molecule has 0 aromatic carbocycles. The second-order valence-electron chi connectivity index (χ2n) is 0. The van der Waals surface area contributed by atoms with E-state index in [1.807, 2.05) is 0 Å². The number of hydrogen-bond acceptors (Lipinski definition) is 0. The summed E-state index contributed by atoms with van der Waals surface area (Å²) in [5, 5.41) is 0. The first-order chi connectivity index (χ1) is 0. The Morgan fingerprint density at radius 2 is 0.800 bits per heavy atom. The van der Waals surface area contributed by atoms with Crippen LogP contribution in [0.1, 0.15) is 0 Å². The molecular weight excluding hydrogens is 522 g/mol. The summed E-state index contributed by atoms with van der Waals surface area (Å²) in [6, 6.07) is 0. The van der Waals surface area contributed by atoms with Gasteiger partial charge in [0.1, 0.15) is 0 Å². The molecule has 40 valence electrons. The van der Waals surface area contributed by atoms with Gasteiger partial charge < -0.3 is 11.0 Å². The van der Waals surface area contributed by atoms with Gasteiger partial charge in [0.05, 0.1) is 0 Å². The largest absolute Gasteiger partial charge is 4.00 e. The van der Waals surface area contributed by atoms with E-state index in [0.29, 0.717) is 0 Å². The van der Waals surface area contributed by atoms with Gasteiger partial charge in [0.2, 0.25) is 0 Å². The SMILES string of the molecule is [Ir+4].[O-2].[O-2].[Pt].[Rh]. The van der Waals surface area contributed by atoms with Crippen LogP contribution in [-0.4, -0.2) is 0 Å². The van der Waals surface area contributed by atoms with E-state index < -0.39 is 0 Å². The molecule has 0 aliphatic heterocycles. The van der Waals surface area contributed by atoms with Crippen molar-refractivity contribution in [2.75, 3.05) is 0 Å². The van der Waals surface area contributed by atoms with Crippen LogP contribution in [0.5, 0.6) is 0 Å². The summed E-state index contributed by atoms with van der Waals surface area (Å²) in [5.74, 6) is 0. The number of rotatable bonds is 0. The molecule has 0 aliphatic carbocycles. The van der Waals surface area contributed by atoms with Crippen LogP contribution in [0.3, 0.4) is 0 Å². The van der Waals surface area contributed by atoms with Crippen LogP contribution in [0, 0.1) is 0 Å². The first-order valence-corrected chi connectivity index (χ1v) is 0. The van der Waals surface area contributed by atoms with Crippen LogP contribution in [-0.2, 0) is 71.6 Å². The Morgan fingerprint density at radius 3 is 0.800 bits per heavy atom. The van der Waals surface area contributed by atoms with Crippen molar-refractivity contribution in [1.29, 1.82) is 0 Å². The van der Waals surface area contributed by atoms with Crippen molar-refractivity contribution < 1.29 is 71.6 Å². The molecule has 0 saturated heterocycles. The maximum Gasteiger partial charge on any atom is 4.00 e. The molecule has 0 heterocycles. The fourth-order valence-electron chi connectivity index (χ4n) is 0. The summed E-state index contributed by atoms with van der Waals surface area (Å²) >= 11 is 0. The zero-order valence-electron chi connectivity index (χ0n) is 1.80. The molecule has 0 atom stereocenters. The summed E-state index contributed by atoms with van der Waals surface area (Å²) in [6.45, 7) is 0. The molecule has 0 rings (SSSR count). The normalized spacial score (nSPS) is 0. The van der Waals surface area contributed by atoms with E-state index in [2.05, 4.69) is 0 Å². The molecule has 0 spiro atoms. The monoisotopic (exact) mass is 523 g/mol. The zero-order chi connectivity index (χ0) is 0. The third-order valence-corrected chi connectivity index (χ3v) is 0. The molecule has 0 aromatic heterocycles. The fourth-order valence-corrected chi connectivity index (χ4v) is 0. The van der Waals surface area contributed by atoms with E-state index in [1.54, 1.807) is 0 Å². The third kappa shape index (κ3) is 25.0. The average Bonchev–Trinajstić information content (AvgIpc) is 0. The van der Waals surface area contributed by atoms with Gasteiger partial charge in [-0.3, -0.25) is 0 Å². The standard InChI is InChI=1S/Ir.2O.Pt.Rh/q+4;2*-2;;. The zero-order valence-corrected chi connectivity index (χ0v) is 8.11. The van der Waals surface area contributed by atoms with Crippen molar-refractivity contribution in [3.63, 3.8) is 0 Å². The van der Waals surface area contributed by atoms with Crippen molar-refractivity contribution in [2.45, 2.75) is 0 Å². The molecule has 0 aliphatic rings. The average molecular weight is 522 g/mol. The molecule has 0 fully saturated rings. The molecule has 0 saturated carbocycles. The van der Waals surface area contributed by atoms with E-state index in [9.17, 15) is 0 Å². The first kappa shape index (κ1) is 67.3. The second-order valence-corrected chi connectivity index (χ2v) is 0. The molecule has 0 unspecified atom stereocenters. The molecular formula is IrO2PtRh. The van der Waals surface area contributed by atoms with Crippen LogP contribution in [0.2, 0.25) is 0 Å². The van der Waals surface area contributed by atoms with Gasteiger partial charge in [-0.25, -0.2) is 0 Å². The van der Waals surface area contributed by atoms with Crippen LogP contribution in [0.4, 0.5) is 0 Å². The van der Waals surface area contributed by atoms with Gasteiger partial charge in [0.25, 0.3) is 0 Å². The van der Waals surface area contributed by atoms with Gasteiger partial charge in [-0.15, -0.1) is 0 Å². The van der Waals surface area contributed by atoms with Crippen molar-refractivity contribution in [2.24, 2.45) is 0 Å². The third-order valence-electron chi connectivity index (χ3n) is 0. The molecule has 0 N–H and O–H groups in total. The quantitative estimate of drug-likeness (QED) is 0.395. The molecule has 0 bridgehead atoms. The van der Waals surface area contributed by atoms with E-state index in [4.69, 9.17) is 0 Å². The maximum atomic E-state index is 0. The Kier molecular flexibility index (Phi) is 533. The predicted molar refractivity (Wildman–Crippen MR) is 1.37 cm³/mol. The Bertz CT molecular complexity index is 9.61. The van der Waals surface area contributed by atoms with Gasteiger partial charge in [-0.2, -0.15) is 0 Å². The Hall–Kier alpha value is 1.88. The Balaban J connectivity index is 0. The van der Waals surface area contributed by atoms with Crippen LogP contribution in [0.15, 0.2) is 0 Å². The summed E-state index contributed by atoms with van der Waals surface area (Å²) in [5.41, 5.74) is 0. The minimum Gasteiger partial charge on any atom is -2.00 e. The molecule has 2 nitrogen and oxygen atoms in total. The summed E-state index contributed by atoms with van der Waals surface area (Å²) in [6.07, 6.45) is 0. The summed E-state index contributed by atoms with van der Waals surface area (Å²) in [7, 11) is 0. The van der Waals surface area contributed by atoms with Crippen molar-refractivity contribution in [3.8, 4) is 0 Å². The van der Waals surface area contributed by atoms with E-state index >= 15 is 0 Å². The first-order valence-electron chi connectivity index (χ1n) is 0. The molecule has 0 amide bonds. The fraction of sp³-hybridized carbons (Fsp3) is 0. The second kappa shape index (κ2) is 39.6. The van der Waals surface area contributed by atoms with Crippen molar-refractivity contribution in [1.82, 2.24) is 0 Å². The molecule has 2 radical (unpaired) electrons. The van der Waals surface area contributed by atoms with Gasteiger partial charge in [-0.05, 0) is 0 Å². The van der Waals surface area contributed by atoms with Crippen LogP contribution < -0.4 is 0 Å². The molecule has 5 heteroatoms. The van der Waals surface area contributed by atoms with Crippen LogP contribution in [0.25, 0.3) is 0 Å². The predicted octanol–water partition coefficient (Wildman–Crippen LogP) is -0.245. The van der Waals surface area contributed by atoms with Crippen molar-refractivity contribution in [3.05, 3.63) is 0 Å². The van der Waals surface area contributed by atoms with Gasteiger partial charge in [0, 0.05) is 40.5 Å². The minimum absolute atomic E-state index is 0. The summed E-state index contributed by atoms with van der Waals surface area (Å²) < 4.78 is 0. The topological polar surface area (TPSA) is 57.0 Å². The van der Waals surface area contributed by atoms with E-state index in [-0.39, 0.29) is 71.6 Å². The summed E-state index contributed by atoms with van der Waals surface area (Å²) in [4.78, 5) is 0. The minimum atomic E-state index is 0. The van der Waals surface area contributed by atoms with Crippen molar-refractivity contribution >= 4 is 0 Å². The van der Waals surface area contributed by atoms with E-state index in [1.165, 1.54) is 0 Å². The molecule has 0 aromatic rings. The van der Waals surface area contributed by atoms with Gasteiger partial charge in [0.15, 0.2) is 0 Å². The molecule has 5 heavy (non-hydrogen) atoms. The Labute approximate surface area is 71.1 Å². The van der Waals surface area contributed by atoms with Gasteiger partial charge >= 0.3 is 20.1 Å². The maximum absolute atomic E-state index is 0. The number of hydrogen-bond donors (Lipinski definition) is 0. The van der Waals surface area contributed by atoms with Gasteiger partial charge in [-0.1, -0.05) is 0 Å². The van der Waals surface area contributed by atoms with E-state index in [0.717, 1.165) is 0 Å². The smallest absolute Gasteiger partial charge is 2.00 e. The Morgan fingerprint density at radius 1 is 0.800 bits per heavy atom.